The summed E-state index contributed by atoms with van der Waals surface area (Å²) in [7, 11) is 0. The molecule has 0 aliphatic heterocycles. The van der Waals surface area contributed by atoms with E-state index in [1.165, 1.54) is 48.5 Å². The zero-order chi connectivity index (χ0) is 22.2. The van der Waals surface area contributed by atoms with Gasteiger partial charge in [0.05, 0.1) is 16.5 Å². The lowest BCUT2D eigenvalue weighted by molar-refractivity contribution is -0.152. The largest absolute Gasteiger partial charge is 0.450 e. The first-order valence-corrected chi connectivity index (χ1v) is 8.95. The molecule has 0 atom stereocenters. The van der Waals surface area contributed by atoms with E-state index in [4.69, 9.17) is 9.15 Å². The molecule has 0 bridgehead atoms. The van der Waals surface area contributed by atoms with Crippen molar-refractivity contribution < 1.29 is 31.5 Å². The number of hydrogen-bond donors (Lipinski definition) is 0. The Morgan fingerprint density at radius 3 is 2.23 bits per heavy atom. The number of halogens is 4. The van der Waals surface area contributed by atoms with Gasteiger partial charge in [0, 0.05) is 6.07 Å². The fourth-order valence-corrected chi connectivity index (χ4v) is 3.06. The molecule has 0 spiro atoms. The summed E-state index contributed by atoms with van der Waals surface area (Å²) in [6.45, 7) is 0. The molecule has 0 fully saturated rings. The molecule has 31 heavy (non-hydrogen) atoms. The molecule has 3 aromatic carbocycles. The highest BCUT2D eigenvalue weighted by molar-refractivity contribution is 5.92. The maximum atomic E-state index is 13.7. The highest BCUT2D eigenvalue weighted by Gasteiger charge is 2.39. The molecule has 0 amide bonds. The van der Waals surface area contributed by atoms with Crippen molar-refractivity contribution in [1.82, 2.24) is 0 Å². The highest BCUT2D eigenvalue weighted by Crippen LogP contribution is 2.37. The first-order valence-electron chi connectivity index (χ1n) is 8.95. The van der Waals surface area contributed by atoms with E-state index in [1.807, 2.05) is 0 Å². The van der Waals surface area contributed by atoms with Gasteiger partial charge in [0.2, 0.25) is 11.2 Å². The molecule has 0 aliphatic carbocycles. The van der Waals surface area contributed by atoms with Crippen LogP contribution in [-0.4, -0.2) is 5.97 Å². The second-order valence-corrected chi connectivity index (χ2v) is 6.55. The minimum Gasteiger partial charge on any atom is -0.450 e. The van der Waals surface area contributed by atoms with E-state index in [0.717, 1.165) is 18.2 Å². The normalized spacial score (nSPS) is 11.5. The van der Waals surface area contributed by atoms with Crippen LogP contribution < -0.4 is 10.2 Å². The van der Waals surface area contributed by atoms with Crippen LogP contribution in [0.15, 0.2) is 82.0 Å². The smallest absolute Gasteiger partial charge is 0.450 e. The van der Waals surface area contributed by atoms with Crippen molar-refractivity contribution in [2.24, 2.45) is 0 Å². The molecule has 4 rings (SSSR count). The average molecular weight is 428 g/mol. The summed E-state index contributed by atoms with van der Waals surface area (Å²) < 4.78 is 64.2. The molecule has 0 radical (unpaired) electrons. The number of hydrogen-bond acceptors (Lipinski definition) is 4. The molecular weight excluding hydrogens is 416 g/mol. The topological polar surface area (TPSA) is 56.5 Å². The Hall–Kier alpha value is -3.94. The van der Waals surface area contributed by atoms with Gasteiger partial charge in [-0.25, -0.2) is 9.18 Å². The minimum absolute atomic E-state index is 0.0401. The Kier molecular flexibility index (Phi) is 5.06. The van der Waals surface area contributed by atoms with Gasteiger partial charge in [-0.1, -0.05) is 30.3 Å². The molecule has 0 unspecified atom stereocenters. The molecule has 0 aliphatic rings. The number of esters is 1. The molecule has 0 N–H and O–H groups in total. The first kappa shape index (κ1) is 20.3. The Morgan fingerprint density at radius 1 is 0.903 bits per heavy atom. The Bertz CT molecular complexity index is 1320. The maximum Gasteiger partial charge on any atom is 0.450 e. The fourth-order valence-electron chi connectivity index (χ4n) is 3.06. The third kappa shape index (κ3) is 4.05. The standard InChI is InChI=1S/C23H12F4O4/c24-15-8-6-14(7-9-15)22(29)30-16-10-11-17-18(12-16)31-21(23(25,26)27)19(20(17)28)13-4-2-1-3-5-13/h1-12H. The number of ether oxygens (including phenoxy) is 1. The van der Waals surface area contributed by atoms with E-state index in [0.29, 0.717) is 0 Å². The monoisotopic (exact) mass is 428 g/mol. The van der Waals surface area contributed by atoms with Crippen LogP contribution in [-0.2, 0) is 6.18 Å². The molecule has 0 saturated carbocycles. The van der Waals surface area contributed by atoms with Crippen LogP contribution in [0.1, 0.15) is 16.1 Å². The molecule has 4 nitrogen and oxygen atoms in total. The number of benzene rings is 3. The van der Waals surface area contributed by atoms with Crippen molar-refractivity contribution >= 4 is 16.9 Å². The SMILES string of the molecule is O=C(Oc1ccc2c(=O)c(-c3ccccc3)c(C(F)(F)F)oc2c1)c1ccc(F)cc1. The lowest BCUT2D eigenvalue weighted by atomic mass is 10.0. The maximum absolute atomic E-state index is 13.7. The van der Waals surface area contributed by atoms with Crippen LogP contribution in [0.25, 0.3) is 22.1 Å². The van der Waals surface area contributed by atoms with E-state index in [2.05, 4.69) is 0 Å². The summed E-state index contributed by atoms with van der Waals surface area (Å²) >= 11 is 0. The Balaban J connectivity index is 1.81. The summed E-state index contributed by atoms with van der Waals surface area (Å²) in [6.07, 6.45) is -4.93. The van der Waals surface area contributed by atoms with Crippen molar-refractivity contribution in [1.29, 1.82) is 0 Å². The van der Waals surface area contributed by atoms with Gasteiger partial charge in [0.1, 0.15) is 17.1 Å². The van der Waals surface area contributed by atoms with Gasteiger partial charge in [-0.15, -0.1) is 0 Å². The van der Waals surface area contributed by atoms with Gasteiger partial charge in [-0.05, 0) is 42.0 Å². The molecule has 1 aromatic heterocycles. The van der Waals surface area contributed by atoms with E-state index in [9.17, 15) is 27.2 Å². The van der Waals surface area contributed by atoms with E-state index >= 15 is 0 Å². The number of carbonyl (C=O) groups excluding carboxylic acids is 1. The van der Waals surface area contributed by atoms with Crippen molar-refractivity contribution in [2.75, 3.05) is 0 Å². The molecule has 156 valence electrons. The van der Waals surface area contributed by atoms with Crippen LogP contribution in [0, 0.1) is 5.82 Å². The first-order chi connectivity index (χ1) is 14.7. The van der Waals surface area contributed by atoms with Gasteiger partial charge in [0.15, 0.2) is 0 Å². The number of rotatable bonds is 3. The quantitative estimate of drug-likeness (QED) is 0.234. The van der Waals surface area contributed by atoms with Gasteiger partial charge in [-0.2, -0.15) is 13.2 Å². The zero-order valence-corrected chi connectivity index (χ0v) is 15.6. The third-order valence-electron chi connectivity index (χ3n) is 4.47. The summed E-state index contributed by atoms with van der Waals surface area (Å²) in [6, 6.07) is 15.5. The van der Waals surface area contributed by atoms with Crippen molar-refractivity contribution in [2.45, 2.75) is 6.18 Å². The lowest BCUT2D eigenvalue weighted by Gasteiger charge is -2.13. The average Bonchev–Trinajstić information content (AvgIpc) is 2.74. The fraction of sp³-hybridized carbons (Fsp3) is 0.0435. The van der Waals surface area contributed by atoms with Crippen molar-refractivity contribution in [3.8, 4) is 16.9 Å². The third-order valence-corrected chi connectivity index (χ3v) is 4.47. The molecule has 0 saturated heterocycles. The Labute approximate surface area is 172 Å². The predicted molar refractivity (Wildman–Crippen MR) is 104 cm³/mol. The lowest BCUT2D eigenvalue weighted by Crippen LogP contribution is -2.16. The second-order valence-electron chi connectivity index (χ2n) is 6.55. The summed E-state index contributed by atoms with van der Waals surface area (Å²) in [5.74, 6) is -2.97. The summed E-state index contributed by atoms with van der Waals surface area (Å²) in [4.78, 5) is 25.1. The predicted octanol–water partition coefficient (Wildman–Crippen LogP) is 5.84. The summed E-state index contributed by atoms with van der Waals surface area (Å²) in [5, 5.41) is -0.103. The van der Waals surface area contributed by atoms with Crippen LogP contribution in [0.3, 0.4) is 0 Å². The van der Waals surface area contributed by atoms with Crippen molar-refractivity contribution in [3.63, 3.8) is 0 Å². The van der Waals surface area contributed by atoms with Gasteiger partial charge >= 0.3 is 12.1 Å². The molecule has 4 aromatic rings. The zero-order valence-electron chi connectivity index (χ0n) is 15.6. The van der Waals surface area contributed by atoms with Gasteiger partial charge in [-0.3, -0.25) is 4.79 Å². The van der Waals surface area contributed by atoms with Gasteiger partial charge in [0.25, 0.3) is 0 Å². The van der Waals surface area contributed by atoms with Crippen LogP contribution in [0.5, 0.6) is 5.75 Å². The van der Waals surface area contributed by atoms with Gasteiger partial charge < -0.3 is 9.15 Å². The van der Waals surface area contributed by atoms with E-state index in [-0.39, 0.29) is 27.8 Å². The van der Waals surface area contributed by atoms with Crippen molar-refractivity contribution in [3.05, 3.63) is 100 Å². The number of carbonyl (C=O) groups is 1. The number of fused-ring (bicyclic) bond motifs is 1. The molecule has 1 heterocycles. The van der Waals surface area contributed by atoms with E-state index < -0.39 is 34.7 Å². The molecular formula is C23H12F4O4. The summed E-state index contributed by atoms with van der Waals surface area (Å²) in [5.41, 5.74) is -1.75. The minimum atomic E-state index is -4.93. The van der Waals surface area contributed by atoms with E-state index in [1.54, 1.807) is 6.07 Å². The van der Waals surface area contributed by atoms with Crippen LogP contribution >= 0.6 is 0 Å². The Morgan fingerprint density at radius 2 is 1.58 bits per heavy atom. The van der Waals surface area contributed by atoms with Crippen LogP contribution in [0.2, 0.25) is 0 Å². The number of alkyl halides is 3. The highest BCUT2D eigenvalue weighted by atomic mass is 19.4. The second kappa shape index (κ2) is 7.71. The molecule has 8 heteroatoms. The van der Waals surface area contributed by atoms with Crippen LogP contribution in [0.4, 0.5) is 17.6 Å².